The Kier molecular flexibility index (Phi) is 5.25. The molecule has 1 aromatic heterocycles. The summed E-state index contributed by atoms with van der Waals surface area (Å²) in [5, 5.41) is 4.49. The van der Waals surface area contributed by atoms with Gasteiger partial charge in [0.15, 0.2) is 0 Å². The van der Waals surface area contributed by atoms with E-state index in [2.05, 4.69) is 17.2 Å². The Bertz CT molecular complexity index is 837. The molecular formula is C19H23N3O4. The highest BCUT2D eigenvalue weighted by Gasteiger charge is 2.32. The quantitative estimate of drug-likeness (QED) is 0.789. The molecule has 0 aliphatic carbocycles. The molecule has 1 aliphatic rings. The first-order valence-electron chi connectivity index (χ1n) is 8.72. The van der Waals surface area contributed by atoms with Crippen LogP contribution in [0.5, 0.6) is 11.6 Å². The Morgan fingerprint density at radius 1 is 1.42 bits per heavy atom. The highest BCUT2D eigenvalue weighted by atomic mass is 16.5. The lowest BCUT2D eigenvalue weighted by atomic mass is 9.96. The van der Waals surface area contributed by atoms with Crippen molar-refractivity contribution in [3.63, 3.8) is 0 Å². The van der Waals surface area contributed by atoms with Gasteiger partial charge >= 0.3 is 0 Å². The molecule has 26 heavy (non-hydrogen) atoms. The van der Waals surface area contributed by atoms with Crippen LogP contribution in [-0.4, -0.2) is 36.6 Å². The second kappa shape index (κ2) is 7.59. The molecule has 0 saturated carbocycles. The van der Waals surface area contributed by atoms with Gasteiger partial charge in [0.2, 0.25) is 11.8 Å². The number of ether oxygens (including phenoxy) is 2. The van der Waals surface area contributed by atoms with E-state index in [0.717, 1.165) is 23.6 Å². The molecule has 7 nitrogen and oxygen atoms in total. The predicted molar refractivity (Wildman–Crippen MR) is 97.3 cm³/mol. The maximum Gasteiger partial charge on any atom is 0.252 e. The van der Waals surface area contributed by atoms with Gasteiger partial charge < -0.3 is 20.5 Å². The van der Waals surface area contributed by atoms with Crippen LogP contribution < -0.4 is 20.5 Å². The zero-order chi connectivity index (χ0) is 18.7. The van der Waals surface area contributed by atoms with Crippen molar-refractivity contribution in [1.82, 2.24) is 10.3 Å². The number of aromatic nitrogens is 1. The number of pyridine rings is 1. The molecule has 1 aliphatic heterocycles. The molecule has 0 unspecified atom stereocenters. The summed E-state index contributed by atoms with van der Waals surface area (Å²) in [7, 11) is 1.48. The highest BCUT2D eigenvalue weighted by molar-refractivity contribution is 6.01. The van der Waals surface area contributed by atoms with Crippen LogP contribution in [0.2, 0.25) is 0 Å². The molecule has 2 amide bonds. The number of hydrogen-bond acceptors (Lipinski definition) is 5. The van der Waals surface area contributed by atoms with E-state index in [1.807, 2.05) is 0 Å². The molecule has 2 heterocycles. The van der Waals surface area contributed by atoms with Gasteiger partial charge in [0.25, 0.3) is 5.91 Å². The number of carbonyl (C=O) groups is 2. The fraction of sp³-hybridized carbons (Fsp3) is 0.421. The summed E-state index contributed by atoms with van der Waals surface area (Å²) in [6, 6.07) is 5.13. The number of nitrogens with two attached hydrogens (primary N) is 1. The van der Waals surface area contributed by atoms with Crippen LogP contribution >= 0.6 is 0 Å². The molecule has 2 atom stereocenters. The van der Waals surface area contributed by atoms with E-state index in [9.17, 15) is 9.59 Å². The molecule has 0 bridgehead atoms. The number of amides is 2. The van der Waals surface area contributed by atoms with E-state index < -0.39 is 5.91 Å². The molecule has 7 heteroatoms. The second-order valence-electron chi connectivity index (χ2n) is 6.49. The zero-order valence-electron chi connectivity index (χ0n) is 15.0. The summed E-state index contributed by atoms with van der Waals surface area (Å²) < 4.78 is 11.2. The normalized spacial score (nSPS) is 19.4. The van der Waals surface area contributed by atoms with E-state index in [1.165, 1.54) is 7.11 Å². The molecule has 1 saturated heterocycles. The fourth-order valence-corrected chi connectivity index (χ4v) is 3.44. The largest absolute Gasteiger partial charge is 0.496 e. The topological polar surface area (TPSA) is 104 Å². The van der Waals surface area contributed by atoms with E-state index in [1.54, 1.807) is 24.4 Å². The van der Waals surface area contributed by atoms with Gasteiger partial charge in [0, 0.05) is 18.0 Å². The van der Waals surface area contributed by atoms with E-state index in [4.69, 9.17) is 15.2 Å². The van der Waals surface area contributed by atoms with E-state index >= 15 is 0 Å². The first-order chi connectivity index (χ1) is 12.5. The van der Waals surface area contributed by atoms with Crippen LogP contribution in [0.25, 0.3) is 10.8 Å². The summed E-state index contributed by atoms with van der Waals surface area (Å²) in [4.78, 5) is 27.6. The maximum atomic E-state index is 11.7. The van der Waals surface area contributed by atoms with Crippen molar-refractivity contribution in [2.75, 3.05) is 13.7 Å². The Hall–Kier alpha value is -2.83. The summed E-state index contributed by atoms with van der Waals surface area (Å²) in [6.45, 7) is 2.46. The summed E-state index contributed by atoms with van der Waals surface area (Å²) in [5.41, 5.74) is 5.72. The lowest BCUT2D eigenvalue weighted by molar-refractivity contribution is -0.119. The van der Waals surface area contributed by atoms with Gasteiger partial charge in [-0.2, -0.15) is 0 Å². The molecule has 3 rings (SSSR count). The molecule has 2 aromatic rings. The smallest absolute Gasteiger partial charge is 0.252 e. The number of fused-ring (bicyclic) bond motifs is 1. The lowest BCUT2D eigenvalue weighted by Gasteiger charge is -2.19. The molecule has 138 valence electrons. The van der Waals surface area contributed by atoms with Crippen molar-refractivity contribution >= 4 is 22.6 Å². The molecule has 0 radical (unpaired) electrons. The van der Waals surface area contributed by atoms with Crippen molar-refractivity contribution in [1.29, 1.82) is 0 Å². The number of carbonyl (C=O) groups excluding carboxylic acids is 2. The first kappa shape index (κ1) is 18.0. The van der Waals surface area contributed by atoms with Gasteiger partial charge in [-0.3, -0.25) is 9.59 Å². The van der Waals surface area contributed by atoms with Gasteiger partial charge in [0.1, 0.15) is 12.4 Å². The Labute approximate surface area is 151 Å². The van der Waals surface area contributed by atoms with Crippen LogP contribution in [0.3, 0.4) is 0 Å². The minimum Gasteiger partial charge on any atom is -0.496 e. The standard InChI is InChI=1S/C19H23N3O4/c1-3-4-12-8-17(23)22-15(12)10-26-19-13-9-16(25-2)14(18(20)24)7-11(13)5-6-21-19/h5-7,9,12,15H,3-4,8,10H2,1-2H3,(H2,20,24)(H,22,23)/t12-,15-/m1/s1. The number of rotatable bonds is 7. The van der Waals surface area contributed by atoms with Gasteiger partial charge in [-0.1, -0.05) is 13.3 Å². The van der Waals surface area contributed by atoms with Crippen LogP contribution in [0.15, 0.2) is 24.4 Å². The second-order valence-corrected chi connectivity index (χ2v) is 6.49. The van der Waals surface area contributed by atoms with E-state index in [0.29, 0.717) is 30.2 Å². The van der Waals surface area contributed by atoms with Gasteiger partial charge in [-0.05, 0) is 35.9 Å². The molecular weight excluding hydrogens is 334 g/mol. The zero-order valence-corrected chi connectivity index (χ0v) is 15.0. The SMILES string of the molecule is CCC[C@@H]1CC(=O)N[C@@H]1COc1nccc2cc(C(N)=O)c(OC)cc12. The van der Waals surface area contributed by atoms with Crippen LogP contribution in [0, 0.1) is 5.92 Å². The number of hydrogen-bond donors (Lipinski definition) is 2. The van der Waals surface area contributed by atoms with Crippen LogP contribution in [0.1, 0.15) is 36.5 Å². The number of benzene rings is 1. The lowest BCUT2D eigenvalue weighted by Crippen LogP contribution is -2.35. The van der Waals surface area contributed by atoms with Crippen molar-refractivity contribution in [2.24, 2.45) is 11.7 Å². The summed E-state index contributed by atoms with van der Waals surface area (Å²) >= 11 is 0. The predicted octanol–water partition coefficient (Wildman–Crippen LogP) is 2.03. The minimum atomic E-state index is -0.556. The number of nitrogens with zero attached hydrogens (tertiary/aromatic N) is 1. The van der Waals surface area contributed by atoms with Gasteiger partial charge in [0.05, 0.1) is 18.7 Å². The first-order valence-corrected chi connectivity index (χ1v) is 8.72. The Morgan fingerprint density at radius 2 is 2.23 bits per heavy atom. The van der Waals surface area contributed by atoms with Crippen molar-refractivity contribution in [2.45, 2.75) is 32.2 Å². The highest BCUT2D eigenvalue weighted by Crippen LogP contribution is 2.31. The van der Waals surface area contributed by atoms with Crippen LogP contribution in [0.4, 0.5) is 0 Å². The fourth-order valence-electron chi connectivity index (χ4n) is 3.44. The molecule has 1 aromatic carbocycles. The average Bonchev–Trinajstić information content (AvgIpc) is 2.98. The summed E-state index contributed by atoms with van der Waals surface area (Å²) in [5.74, 6) is 0.599. The van der Waals surface area contributed by atoms with Crippen LogP contribution in [-0.2, 0) is 4.79 Å². The minimum absolute atomic E-state index is 0.0219. The van der Waals surface area contributed by atoms with Gasteiger partial charge in [-0.25, -0.2) is 4.98 Å². The monoisotopic (exact) mass is 357 g/mol. The third kappa shape index (κ3) is 3.56. The third-order valence-electron chi connectivity index (χ3n) is 4.74. The number of primary amides is 1. The average molecular weight is 357 g/mol. The Morgan fingerprint density at radius 3 is 2.92 bits per heavy atom. The maximum absolute atomic E-state index is 11.7. The number of methoxy groups -OCH3 is 1. The van der Waals surface area contributed by atoms with E-state index in [-0.39, 0.29) is 17.9 Å². The molecule has 1 fully saturated rings. The van der Waals surface area contributed by atoms with Crippen molar-refractivity contribution in [3.05, 3.63) is 30.0 Å². The third-order valence-corrected chi connectivity index (χ3v) is 4.74. The van der Waals surface area contributed by atoms with Crippen molar-refractivity contribution in [3.8, 4) is 11.6 Å². The Balaban J connectivity index is 1.86. The number of nitrogens with one attached hydrogen (secondary N) is 1. The molecule has 3 N–H and O–H groups in total. The van der Waals surface area contributed by atoms with Gasteiger partial charge in [-0.15, -0.1) is 0 Å². The van der Waals surface area contributed by atoms with Crippen molar-refractivity contribution < 1.29 is 19.1 Å². The molecule has 0 spiro atoms. The summed E-state index contributed by atoms with van der Waals surface area (Å²) in [6.07, 6.45) is 4.16.